The number of carbonyl (C=O) groups excluding carboxylic acids is 2. The molecule has 27 heavy (non-hydrogen) atoms. The lowest BCUT2D eigenvalue weighted by atomic mass is 10.2. The van der Waals surface area contributed by atoms with Crippen LogP contribution < -0.4 is 10.6 Å². The van der Waals surface area contributed by atoms with Gasteiger partial charge in [-0.1, -0.05) is 23.5 Å². The maximum atomic E-state index is 12.3. The molecule has 1 aliphatic rings. The Hall–Kier alpha value is -2.38. The molecule has 2 amide bonds. The number of aromatic nitrogens is 1. The van der Waals surface area contributed by atoms with Gasteiger partial charge in [0.1, 0.15) is 0 Å². The van der Waals surface area contributed by atoms with E-state index in [1.54, 1.807) is 0 Å². The molecule has 0 radical (unpaired) electrons. The molecular weight excluding hydrogens is 378 g/mol. The van der Waals surface area contributed by atoms with E-state index >= 15 is 0 Å². The van der Waals surface area contributed by atoms with Gasteiger partial charge in [0.05, 0.1) is 16.0 Å². The molecule has 0 saturated heterocycles. The molecule has 0 spiro atoms. The van der Waals surface area contributed by atoms with Gasteiger partial charge in [-0.2, -0.15) is 0 Å². The van der Waals surface area contributed by atoms with E-state index in [2.05, 4.69) is 21.7 Å². The molecule has 138 valence electrons. The molecule has 0 atom stereocenters. The fourth-order valence-electron chi connectivity index (χ4n) is 2.64. The second-order valence-electron chi connectivity index (χ2n) is 6.62. The van der Waals surface area contributed by atoms with Crippen molar-refractivity contribution in [3.63, 3.8) is 0 Å². The molecule has 1 saturated carbocycles. The number of amides is 2. The molecule has 2 N–H and O–H groups in total. The quantitative estimate of drug-likeness (QED) is 0.592. The lowest BCUT2D eigenvalue weighted by molar-refractivity contribution is -0.117. The van der Waals surface area contributed by atoms with Crippen LogP contribution in [0, 0.1) is 12.8 Å². The molecule has 1 aromatic heterocycles. The summed E-state index contributed by atoms with van der Waals surface area (Å²) in [5.74, 6) is 0.448. The summed E-state index contributed by atoms with van der Waals surface area (Å²) >= 11 is 2.92. The Balaban J connectivity index is 1.33. The van der Waals surface area contributed by atoms with Gasteiger partial charge in [0, 0.05) is 16.5 Å². The number of benzene rings is 2. The van der Waals surface area contributed by atoms with E-state index in [1.807, 2.05) is 43.3 Å². The smallest absolute Gasteiger partial charge is 0.236 e. The Kier molecular flexibility index (Phi) is 5.13. The second-order valence-corrected chi connectivity index (χ2v) is 8.70. The maximum absolute atomic E-state index is 12.3. The first-order valence-electron chi connectivity index (χ1n) is 8.77. The molecule has 0 bridgehead atoms. The van der Waals surface area contributed by atoms with Gasteiger partial charge >= 0.3 is 0 Å². The third kappa shape index (κ3) is 4.67. The van der Waals surface area contributed by atoms with Gasteiger partial charge < -0.3 is 10.6 Å². The summed E-state index contributed by atoms with van der Waals surface area (Å²) in [6.45, 7) is 2.04. The average molecular weight is 398 g/mol. The Morgan fingerprint density at radius 2 is 2.04 bits per heavy atom. The van der Waals surface area contributed by atoms with Crippen molar-refractivity contribution < 1.29 is 9.59 Å². The molecule has 0 unspecified atom stereocenters. The molecule has 3 aromatic rings. The van der Waals surface area contributed by atoms with Crippen LogP contribution in [-0.2, 0) is 9.59 Å². The maximum Gasteiger partial charge on any atom is 0.236 e. The summed E-state index contributed by atoms with van der Waals surface area (Å²) in [6, 6.07) is 13.6. The van der Waals surface area contributed by atoms with Gasteiger partial charge in [-0.3, -0.25) is 9.59 Å². The summed E-state index contributed by atoms with van der Waals surface area (Å²) < 4.78 is 1.07. The van der Waals surface area contributed by atoms with Crippen LogP contribution in [-0.4, -0.2) is 22.6 Å². The van der Waals surface area contributed by atoms with E-state index in [4.69, 9.17) is 0 Å². The minimum atomic E-state index is -0.0943. The molecule has 4 rings (SSSR count). The zero-order chi connectivity index (χ0) is 18.8. The zero-order valence-corrected chi connectivity index (χ0v) is 16.5. The molecular formula is C20H19N3O2S2. The normalized spacial score (nSPS) is 13.5. The van der Waals surface area contributed by atoms with Crippen molar-refractivity contribution in [1.29, 1.82) is 0 Å². The highest BCUT2D eigenvalue weighted by atomic mass is 32.2. The number of thiazole rings is 1. The van der Waals surface area contributed by atoms with Crippen LogP contribution >= 0.6 is 23.1 Å². The number of hydrogen-bond acceptors (Lipinski definition) is 5. The van der Waals surface area contributed by atoms with Crippen LogP contribution in [0.5, 0.6) is 0 Å². The number of thioether (sulfide) groups is 1. The van der Waals surface area contributed by atoms with E-state index in [-0.39, 0.29) is 23.5 Å². The SMILES string of the molecule is Cc1ccc2nc(NC(=O)CSc3cccc(NC(=O)C4CC4)c3)sc2c1. The number of carbonyl (C=O) groups is 2. The van der Waals surface area contributed by atoms with Crippen molar-refractivity contribution in [1.82, 2.24) is 4.98 Å². The molecule has 0 aliphatic heterocycles. The standard InChI is InChI=1S/C20H19N3O2S2/c1-12-5-8-16-17(9-12)27-20(22-16)23-18(24)11-26-15-4-2-3-14(10-15)21-19(25)13-6-7-13/h2-5,8-10,13H,6-7,11H2,1H3,(H,21,25)(H,22,23,24). The summed E-state index contributed by atoms with van der Waals surface area (Å²) in [5.41, 5.74) is 2.85. The number of aryl methyl sites for hydroxylation is 1. The minimum Gasteiger partial charge on any atom is -0.326 e. The molecule has 1 fully saturated rings. The third-order valence-electron chi connectivity index (χ3n) is 4.21. The summed E-state index contributed by atoms with van der Waals surface area (Å²) in [4.78, 5) is 29.5. The van der Waals surface area contributed by atoms with Gasteiger partial charge in [-0.05, 0) is 55.7 Å². The summed E-state index contributed by atoms with van der Waals surface area (Å²) in [7, 11) is 0. The van der Waals surface area contributed by atoms with E-state index in [1.165, 1.54) is 28.7 Å². The number of hydrogen-bond donors (Lipinski definition) is 2. The van der Waals surface area contributed by atoms with Crippen molar-refractivity contribution in [2.75, 3.05) is 16.4 Å². The first kappa shape index (κ1) is 18.0. The highest BCUT2D eigenvalue weighted by molar-refractivity contribution is 8.00. The first-order chi connectivity index (χ1) is 13.1. The molecule has 7 heteroatoms. The van der Waals surface area contributed by atoms with Crippen LogP contribution in [0.2, 0.25) is 0 Å². The highest BCUT2D eigenvalue weighted by Crippen LogP contribution is 2.31. The molecule has 1 aliphatic carbocycles. The lowest BCUT2D eigenvalue weighted by Crippen LogP contribution is -2.14. The molecule has 5 nitrogen and oxygen atoms in total. The van der Waals surface area contributed by atoms with Crippen LogP contribution in [0.4, 0.5) is 10.8 Å². The Morgan fingerprint density at radius 3 is 2.85 bits per heavy atom. The molecule has 2 aromatic carbocycles. The number of nitrogens with one attached hydrogen (secondary N) is 2. The predicted molar refractivity (Wildman–Crippen MR) is 112 cm³/mol. The second kappa shape index (κ2) is 7.70. The van der Waals surface area contributed by atoms with Crippen LogP contribution in [0.15, 0.2) is 47.4 Å². The van der Waals surface area contributed by atoms with Gasteiger partial charge in [-0.15, -0.1) is 11.8 Å². The summed E-state index contributed by atoms with van der Waals surface area (Å²) in [6.07, 6.45) is 1.96. The largest absolute Gasteiger partial charge is 0.326 e. The number of nitrogens with zero attached hydrogens (tertiary/aromatic N) is 1. The lowest BCUT2D eigenvalue weighted by Gasteiger charge is -2.07. The Morgan fingerprint density at radius 1 is 1.19 bits per heavy atom. The van der Waals surface area contributed by atoms with Gasteiger partial charge in [0.25, 0.3) is 0 Å². The molecule has 1 heterocycles. The first-order valence-corrected chi connectivity index (χ1v) is 10.6. The van der Waals surface area contributed by atoms with Crippen molar-refractivity contribution in [2.45, 2.75) is 24.7 Å². The fraction of sp³-hybridized carbons (Fsp3) is 0.250. The van der Waals surface area contributed by atoms with Crippen molar-refractivity contribution in [3.05, 3.63) is 48.0 Å². The van der Waals surface area contributed by atoms with Gasteiger partial charge in [-0.25, -0.2) is 4.98 Å². The van der Waals surface area contributed by atoms with E-state index in [0.717, 1.165) is 33.6 Å². The van der Waals surface area contributed by atoms with Crippen LogP contribution in [0.3, 0.4) is 0 Å². The van der Waals surface area contributed by atoms with Crippen LogP contribution in [0.1, 0.15) is 18.4 Å². The van der Waals surface area contributed by atoms with Crippen molar-refractivity contribution in [2.24, 2.45) is 5.92 Å². The predicted octanol–water partition coefficient (Wildman–Crippen LogP) is 4.68. The number of rotatable bonds is 6. The topological polar surface area (TPSA) is 71.1 Å². The Bertz CT molecular complexity index is 1010. The monoisotopic (exact) mass is 397 g/mol. The van der Waals surface area contributed by atoms with E-state index < -0.39 is 0 Å². The average Bonchev–Trinajstić information content (AvgIpc) is 3.42. The van der Waals surface area contributed by atoms with E-state index in [9.17, 15) is 9.59 Å². The van der Waals surface area contributed by atoms with E-state index in [0.29, 0.717) is 5.13 Å². The van der Waals surface area contributed by atoms with Gasteiger partial charge in [0.2, 0.25) is 11.8 Å². The fourth-order valence-corrected chi connectivity index (χ4v) is 4.38. The minimum absolute atomic E-state index is 0.0842. The van der Waals surface area contributed by atoms with Crippen LogP contribution in [0.25, 0.3) is 10.2 Å². The zero-order valence-electron chi connectivity index (χ0n) is 14.8. The number of fused-ring (bicyclic) bond motifs is 1. The van der Waals surface area contributed by atoms with Crippen molar-refractivity contribution >= 4 is 55.9 Å². The summed E-state index contributed by atoms with van der Waals surface area (Å²) in [5, 5.41) is 6.42. The van der Waals surface area contributed by atoms with Crippen molar-refractivity contribution in [3.8, 4) is 0 Å². The number of anilines is 2. The van der Waals surface area contributed by atoms with Gasteiger partial charge in [0.15, 0.2) is 5.13 Å². The highest BCUT2D eigenvalue weighted by Gasteiger charge is 2.29. The third-order valence-corrected chi connectivity index (χ3v) is 6.14. The Labute approximate surface area is 165 Å².